The van der Waals surface area contributed by atoms with E-state index in [1.165, 1.54) is 6.42 Å². The van der Waals surface area contributed by atoms with Gasteiger partial charge in [-0.3, -0.25) is 9.48 Å². The van der Waals surface area contributed by atoms with E-state index in [9.17, 15) is 4.79 Å². The standard InChI is InChI=1S/C13H20N4O.ClH/c1-10-11(7-16(2)15-10)12(18)17-6-4-13(9-17)3-5-14-8-13;/h7,14H,3-6,8-9H2,1-2H3;1H. The van der Waals surface area contributed by atoms with Gasteiger partial charge in [-0.25, -0.2) is 0 Å². The van der Waals surface area contributed by atoms with E-state index < -0.39 is 0 Å². The number of halogens is 1. The topological polar surface area (TPSA) is 50.2 Å². The molecule has 6 heteroatoms. The third-order valence-corrected chi connectivity index (χ3v) is 4.30. The van der Waals surface area contributed by atoms with Crippen LogP contribution in [0.25, 0.3) is 0 Å². The van der Waals surface area contributed by atoms with Gasteiger partial charge in [0.2, 0.25) is 0 Å². The van der Waals surface area contributed by atoms with Crippen molar-refractivity contribution in [3.8, 4) is 0 Å². The average molecular weight is 285 g/mol. The summed E-state index contributed by atoms with van der Waals surface area (Å²) in [6.45, 7) is 5.83. The Morgan fingerprint density at radius 1 is 1.47 bits per heavy atom. The van der Waals surface area contributed by atoms with Crippen LogP contribution in [-0.2, 0) is 7.05 Å². The molecule has 2 saturated heterocycles. The zero-order valence-electron chi connectivity index (χ0n) is 11.5. The summed E-state index contributed by atoms with van der Waals surface area (Å²) in [6.07, 6.45) is 4.16. The summed E-state index contributed by atoms with van der Waals surface area (Å²) in [7, 11) is 1.86. The van der Waals surface area contributed by atoms with E-state index in [1.807, 2.05) is 25.1 Å². The first-order valence-corrected chi connectivity index (χ1v) is 6.60. The fraction of sp³-hybridized carbons (Fsp3) is 0.692. The highest BCUT2D eigenvalue weighted by Gasteiger charge is 2.42. The molecule has 0 saturated carbocycles. The van der Waals surface area contributed by atoms with Crippen LogP contribution in [0, 0.1) is 12.3 Å². The Morgan fingerprint density at radius 2 is 2.26 bits per heavy atom. The van der Waals surface area contributed by atoms with E-state index >= 15 is 0 Å². The molecule has 2 aliphatic heterocycles. The molecule has 2 aliphatic rings. The van der Waals surface area contributed by atoms with Crippen molar-refractivity contribution in [1.82, 2.24) is 20.0 Å². The molecule has 19 heavy (non-hydrogen) atoms. The first-order chi connectivity index (χ1) is 8.60. The second-order valence-corrected chi connectivity index (χ2v) is 5.71. The highest BCUT2D eigenvalue weighted by Crippen LogP contribution is 2.36. The summed E-state index contributed by atoms with van der Waals surface area (Å²) in [4.78, 5) is 14.5. The maximum atomic E-state index is 12.5. The molecule has 1 atom stereocenters. The number of aromatic nitrogens is 2. The molecule has 1 unspecified atom stereocenters. The summed E-state index contributed by atoms with van der Waals surface area (Å²) < 4.78 is 1.71. The van der Waals surface area contributed by atoms with Crippen LogP contribution < -0.4 is 5.32 Å². The van der Waals surface area contributed by atoms with Gasteiger partial charge < -0.3 is 10.2 Å². The average Bonchev–Trinajstić information content (AvgIpc) is 3.02. The lowest BCUT2D eigenvalue weighted by atomic mass is 9.86. The van der Waals surface area contributed by atoms with Gasteiger partial charge in [0.25, 0.3) is 5.91 Å². The zero-order chi connectivity index (χ0) is 12.8. The Hall–Kier alpha value is -1.07. The van der Waals surface area contributed by atoms with Gasteiger partial charge in [-0.1, -0.05) is 0 Å². The summed E-state index contributed by atoms with van der Waals surface area (Å²) in [5.74, 6) is 0.143. The lowest BCUT2D eigenvalue weighted by Crippen LogP contribution is -2.33. The number of nitrogens with one attached hydrogen (secondary N) is 1. The maximum absolute atomic E-state index is 12.5. The second-order valence-electron chi connectivity index (χ2n) is 5.71. The van der Waals surface area contributed by atoms with Gasteiger partial charge in [0.05, 0.1) is 11.3 Å². The molecule has 0 radical (unpaired) electrons. The van der Waals surface area contributed by atoms with E-state index in [2.05, 4.69) is 10.4 Å². The Morgan fingerprint density at radius 3 is 2.84 bits per heavy atom. The van der Waals surface area contributed by atoms with Crippen LogP contribution in [0.1, 0.15) is 28.9 Å². The van der Waals surface area contributed by atoms with Crippen molar-refractivity contribution in [2.24, 2.45) is 12.5 Å². The van der Waals surface area contributed by atoms with E-state index in [-0.39, 0.29) is 18.3 Å². The molecule has 1 spiro atoms. The van der Waals surface area contributed by atoms with Gasteiger partial charge in [-0.15, -0.1) is 12.4 Å². The van der Waals surface area contributed by atoms with E-state index in [0.717, 1.165) is 43.9 Å². The number of likely N-dealkylation sites (tertiary alicyclic amines) is 1. The predicted octanol–water partition coefficient (Wildman–Crippen LogP) is 0.976. The predicted molar refractivity (Wildman–Crippen MR) is 75.6 cm³/mol. The first-order valence-electron chi connectivity index (χ1n) is 6.60. The maximum Gasteiger partial charge on any atom is 0.257 e. The normalized spacial score (nSPS) is 25.9. The van der Waals surface area contributed by atoms with Crippen LogP contribution in [0.4, 0.5) is 0 Å². The second kappa shape index (κ2) is 5.13. The fourth-order valence-electron chi connectivity index (χ4n) is 3.23. The molecular formula is C13H21ClN4O. The quantitative estimate of drug-likeness (QED) is 0.836. The van der Waals surface area contributed by atoms with Gasteiger partial charge in [0.1, 0.15) is 0 Å². The number of aryl methyl sites for hydroxylation is 2. The van der Waals surface area contributed by atoms with Crippen molar-refractivity contribution in [3.63, 3.8) is 0 Å². The minimum Gasteiger partial charge on any atom is -0.338 e. The number of nitrogens with zero attached hydrogens (tertiary/aromatic N) is 3. The van der Waals surface area contributed by atoms with Crippen molar-refractivity contribution >= 4 is 18.3 Å². The number of carbonyl (C=O) groups excluding carboxylic acids is 1. The Balaban J connectivity index is 0.00000133. The molecule has 0 bridgehead atoms. The monoisotopic (exact) mass is 284 g/mol. The van der Waals surface area contributed by atoms with Gasteiger partial charge in [-0.2, -0.15) is 5.10 Å². The van der Waals surface area contributed by atoms with Crippen LogP contribution in [0.5, 0.6) is 0 Å². The largest absolute Gasteiger partial charge is 0.338 e. The number of hydrogen-bond acceptors (Lipinski definition) is 3. The minimum absolute atomic E-state index is 0. The van der Waals surface area contributed by atoms with Crippen LogP contribution in [-0.4, -0.2) is 46.8 Å². The summed E-state index contributed by atoms with van der Waals surface area (Å²) in [5.41, 5.74) is 1.92. The number of hydrogen-bond donors (Lipinski definition) is 1. The highest BCUT2D eigenvalue weighted by molar-refractivity contribution is 5.95. The molecular weight excluding hydrogens is 264 g/mol. The summed E-state index contributed by atoms with van der Waals surface area (Å²) in [5, 5.41) is 7.66. The molecule has 106 valence electrons. The fourth-order valence-corrected chi connectivity index (χ4v) is 3.23. The van der Waals surface area contributed by atoms with Crippen molar-refractivity contribution < 1.29 is 4.79 Å². The number of carbonyl (C=O) groups is 1. The molecule has 1 amide bonds. The van der Waals surface area contributed by atoms with E-state index in [4.69, 9.17) is 0 Å². The minimum atomic E-state index is 0. The van der Waals surface area contributed by atoms with Crippen molar-refractivity contribution in [3.05, 3.63) is 17.5 Å². The Kier molecular flexibility index (Phi) is 3.87. The van der Waals surface area contributed by atoms with Gasteiger partial charge in [-0.05, 0) is 26.3 Å². The smallest absolute Gasteiger partial charge is 0.257 e. The highest BCUT2D eigenvalue weighted by atomic mass is 35.5. The Bertz CT molecular complexity index is 479. The molecule has 0 aromatic carbocycles. The van der Waals surface area contributed by atoms with Gasteiger partial charge >= 0.3 is 0 Å². The SMILES string of the molecule is Cc1nn(C)cc1C(=O)N1CCC2(CCNC2)C1.Cl. The molecule has 3 heterocycles. The van der Waals surface area contributed by atoms with Crippen LogP contribution in [0.2, 0.25) is 0 Å². The van der Waals surface area contributed by atoms with Gasteiger partial charge in [0, 0.05) is 38.3 Å². The molecule has 2 fully saturated rings. The van der Waals surface area contributed by atoms with E-state index in [0.29, 0.717) is 5.41 Å². The van der Waals surface area contributed by atoms with Gasteiger partial charge in [0.15, 0.2) is 0 Å². The lowest BCUT2D eigenvalue weighted by molar-refractivity contribution is 0.0775. The third kappa shape index (κ3) is 2.49. The summed E-state index contributed by atoms with van der Waals surface area (Å²) in [6, 6.07) is 0. The molecule has 1 aromatic rings. The lowest BCUT2D eigenvalue weighted by Gasteiger charge is -2.22. The molecule has 0 aliphatic carbocycles. The molecule has 1 aromatic heterocycles. The number of rotatable bonds is 1. The molecule has 3 rings (SSSR count). The zero-order valence-corrected chi connectivity index (χ0v) is 12.3. The van der Waals surface area contributed by atoms with Crippen molar-refractivity contribution in [1.29, 1.82) is 0 Å². The number of amides is 1. The third-order valence-electron chi connectivity index (χ3n) is 4.30. The van der Waals surface area contributed by atoms with Crippen LogP contribution in [0.15, 0.2) is 6.20 Å². The van der Waals surface area contributed by atoms with Crippen molar-refractivity contribution in [2.45, 2.75) is 19.8 Å². The van der Waals surface area contributed by atoms with Crippen molar-refractivity contribution in [2.75, 3.05) is 26.2 Å². The van der Waals surface area contributed by atoms with E-state index in [1.54, 1.807) is 4.68 Å². The first kappa shape index (κ1) is 14.3. The Labute approximate surface area is 119 Å². The molecule has 1 N–H and O–H groups in total. The van der Waals surface area contributed by atoms with Crippen LogP contribution in [0.3, 0.4) is 0 Å². The van der Waals surface area contributed by atoms with Crippen LogP contribution >= 0.6 is 12.4 Å². The summed E-state index contributed by atoms with van der Waals surface area (Å²) >= 11 is 0. The molecule has 5 nitrogen and oxygen atoms in total.